The van der Waals surface area contributed by atoms with Crippen LogP contribution in [0.1, 0.15) is 18.9 Å². The summed E-state index contributed by atoms with van der Waals surface area (Å²) in [5.74, 6) is 0.589. The molecule has 0 aliphatic carbocycles. The topological polar surface area (TPSA) is 70.3 Å². The van der Waals surface area contributed by atoms with Crippen LogP contribution in [0.25, 0.3) is 0 Å². The highest BCUT2D eigenvalue weighted by molar-refractivity contribution is 7.98. The maximum absolute atomic E-state index is 13.7. The summed E-state index contributed by atoms with van der Waals surface area (Å²) in [5.41, 5.74) is 0. The smallest absolute Gasteiger partial charge is 0.276 e. The van der Waals surface area contributed by atoms with E-state index in [0.717, 1.165) is 6.07 Å². The molecular formula is C16H13ClFN3O3S. The third-order valence-corrected chi connectivity index (χ3v) is 3.79. The minimum atomic E-state index is -0.637. The number of halogens is 2. The Kier molecular flexibility index (Phi) is 5.40. The minimum Gasteiger partial charge on any atom is -0.481 e. The molecule has 6 nitrogen and oxygen atoms in total. The molecule has 1 aromatic carbocycles. The number of pyridine rings is 1. The van der Waals surface area contributed by atoms with Crippen LogP contribution in [0.15, 0.2) is 46.2 Å². The molecule has 0 aliphatic rings. The Morgan fingerprint density at radius 2 is 1.92 bits per heavy atom. The van der Waals surface area contributed by atoms with Crippen LogP contribution in [0.2, 0.25) is 5.02 Å². The molecule has 130 valence electrons. The summed E-state index contributed by atoms with van der Waals surface area (Å²) in [6.07, 6.45) is 2.75. The zero-order chi connectivity index (χ0) is 17.8. The van der Waals surface area contributed by atoms with Crippen molar-refractivity contribution < 1.29 is 18.3 Å². The lowest BCUT2D eigenvalue weighted by atomic mass is 10.3. The molecule has 9 heteroatoms. The molecule has 1 atom stereocenters. The fourth-order valence-corrected chi connectivity index (χ4v) is 2.33. The van der Waals surface area contributed by atoms with E-state index in [-0.39, 0.29) is 10.9 Å². The summed E-state index contributed by atoms with van der Waals surface area (Å²) in [6.45, 7) is 1.80. The second kappa shape index (κ2) is 7.71. The average molecular weight is 382 g/mol. The van der Waals surface area contributed by atoms with Crippen LogP contribution in [-0.2, 0) is 0 Å². The van der Waals surface area contributed by atoms with E-state index < -0.39 is 11.9 Å². The second-order valence-corrected chi connectivity index (χ2v) is 6.08. The van der Waals surface area contributed by atoms with Gasteiger partial charge in [-0.05, 0) is 43.5 Å². The molecular weight excluding hydrogens is 369 g/mol. The average Bonchev–Trinajstić information content (AvgIpc) is 3.08. The van der Waals surface area contributed by atoms with Gasteiger partial charge in [0.2, 0.25) is 0 Å². The van der Waals surface area contributed by atoms with Gasteiger partial charge in [-0.3, -0.25) is 0 Å². The van der Waals surface area contributed by atoms with Gasteiger partial charge in [0.25, 0.3) is 17.0 Å². The first-order chi connectivity index (χ1) is 12.0. The van der Waals surface area contributed by atoms with Crippen molar-refractivity contribution in [1.82, 2.24) is 15.2 Å². The maximum Gasteiger partial charge on any atom is 0.276 e. The first-order valence-corrected chi connectivity index (χ1v) is 8.78. The Hall–Kier alpha value is -2.32. The fraction of sp³-hybridized carbons (Fsp3) is 0.188. The number of aromatic nitrogens is 3. The zero-order valence-electron chi connectivity index (χ0n) is 13.3. The van der Waals surface area contributed by atoms with Crippen LogP contribution in [0, 0.1) is 5.82 Å². The molecule has 0 fully saturated rings. The number of hydrogen-bond donors (Lipinski definition) is 0. The maximum atomic E-state index is 13.7. The predicted octanol–water partition coefficient (Wildman–Crippen LogP) is 4.91. The van der Waals surface area contributed by atoms with E-state index in [9.17, 15) is 4.39 Å². The lowest BCUT2D eigenvalue weighted by Crippen LogP contribution is -2.03. The summed E-state index contributed by atoms with van der Waals surface area (Å²) < 4.78 is 30.2. The fourth-order valence-electron chi connectivity index (χ4n) is 1.90. The highest BCUT2D eigenvalue weighted by atomic mass is 35.5. The van der Waals surface area contributed by atoms with Crippen LogP contribution >= 0.6 is 23.4 Å². The van der Waals surface area contributed by atoms with Gasteiger partial charge in [0, 0.05) is 6.20 Å². The lowest BCUT2D eigenvalue weighted by Gasteiger charge is -2.11. The monoisotopic (exact) mass is 381 g/mol. The number of rotatable bonds is 6. The van der Waals surface area contributed by atoms with Gasteiger partial charge in [-0.2, -0.15) is 0 Å². The highest BCUT2D eigenvalue weighted by Gasteiger charge is 2.15. The number of ether oxygens (including phenoxy) is 2. The SMILES string of the molecule is CSc1nnc([C@@H](C)Oc2ccc(Oc3ncc(Cl)cc3F)cc2)o1. The van der Waals surface area contributed by atoms with Crippen LogP contribution in [0.5, 0.6) is 17.4 Å². The van der Waals surface area contributed by atoms with Crippen LogP contribution in [-0.4, -0.2) is 21.4 Å². The van der Waals surface area contributed by atoms with Gasteiger partial charge in [0.1, 0.15) is 11.5 Å². The molecule has 2 heterocycles. The van der Waals surface area contributed by atoms with E-state index in [2.05, 4.69) is 15.2 Å². The summed E-state index contributed by atoms with van der Waals surface area (Å²) in [6, 6.07) is 7.78. The van der Waals surface area contributed by atoms with Crippen LogP contribution in [0.4, 0.5) is 4.39 Å². The summed E-state index contributed by atoms with van der Waals surface area (Å²) in [7, 11) is 0. The second-order valence-electron chi connectivity index (χ2n) is 4.88. The third-order valence-electron chi connectivity index (χ3n) is 3.07. The Balaban J connectivity index is 1.65. The number of thioether (sulfide) groups is 1. The molecule has 3 rings (SSSR count). The standard InChI is InChI=1S/C16H13ClFN3O3S/c1-9(14-20-21-16(24-14)25-2)22-11-3-5-12(6-4-11)23-15-13(18)7-10(17)8-19-15/h3-9H,1-2H3/t9-/m1/s1. The Morgan fingerprint density at radius 1 is 1.20 bits per heavy atom. The molecule has 0 radical (unpaired) electrons. The van der Waals surface area contributed by atoms with Gasteiger partial charge < -0.3 is 13.9 Å². The van der Waals surface area contributed by atoms with Gasteiger partial charge in [0.15, 0.2) is 11.9 Å². The Labute approximate surface area is 152 Å². The van der Waals surface area contributed by atoms with E-state index in [4.69, 9.17) is 25.5 Å². The van der Waals surface area contributed by atoms with Crippen molar-refractivity contribution in [3.05, 3.63) is 53.3 Å². The highest BCUT2D eigenvalue weighted by Crippen LogP contribution is 2.28. The van der Waals surface area contributed by atoms with E-state index in [1.54, 1.807) is 31.2 Å². The van der Waals surface area contributed by atoms with E-state index in [1.807, 2.05) is 6.26 Å². The van der Waals surface area contributed by atoms with Gasteiger partial charge in [-0.25, -0.2) is 9.37 Å². The van der Waals surface area contributed by atoms with Gasteiger partial charge >= 0.3 is 0 Å². The van der Waals surface area contributed by atoms with Crippen molar-refractivity contribution in [2.24, 2.45) is 0 Å². The Bertz CT molecular complexity index is 860. The Morgan fingerprint density at radius 3 is 2.56 bits per heavy atom. The number of benzene rings is 1. The van der Waals surface area contributed by atoms with E-state index in [1.165, 1.54) is 18.0 Å². The van der Waals surface area contributed by atoms with Crippen LogP contribution < -0.4 is 9.47 Å². The molecule has 3 aromatic rings. The molecule has 2 aromatic heterocycles. The number of nitrogens with zero attached hydrogens (tertiary/aromatic N) is 3. The van der Waals surface area contributed by atoms with Crippen molar-refractivity contribution >= 4 is 23.4 Å². The first-order valence-electron chi connectivity index (χ1n) is 7.18. The quantitative estimate of drug-likeness (QED) is 0.561. The van der Waals surface area contributed by atoms with Crippen molar-refractivity contribution in [3.63, 3.8) is 0 Å². The molecule has 0 saturated heterocycles. The molecule has 0 saturated carbocycles. The van der Waals surface area contributed by atoms with Crippen molar-refractivity contribution in [2.75, 3.05) is 6.26 Å². The van der Waals surface area contributed by atoms with Gasteiger partial charge in [-0.15, -0.1) is 10.2 Å². The summed E-state index contributed by atoms with van der Waals surface area (Å²) in [5, 5.41) is 8.47. The normalized spacial score (nSPS) is 12.0. The van der Waals surface area contributed by atoms with E-state index in [0.29, 0.717) is 22.6 Å². The van der Waals surface area contributed by atoms with Crippen LogP contribution in [0.3, 0.4) is 0 Å². The third kappa shape index (κ3) is 4.40. The van der Waals surface area contributed by atoms with Gasteiger partial charge in [-0.1, -0.05) is 23.4 Å². The van der Waals surface area contributed by atoms with E-state index >= 15 is 0 Å². The molecule has 0 N–H and O–H groups in total. The molecule has 0 amide bonds. The molecule has 0 aliphatic heterocycles. The molecule has 0 spiro atoms. The largest absolute Gasteiger partial charge is 0.481 e. The minimum absolute atomic E-state index is 0.151. The van der Waals surface area contributed by atoms with Crippen molar-refractivity contribution in [2.45, 2.75) is 18.3 Å². The lowest BCUT2D eigenvalue weighted by molar-refractivity contribution is 0.181. The summed E-state index contributed by atoms with van der Waals surface area (Å²) >= 11 is 7.02. The zero-order valence-corrected chi connectivity index (χ0v) is 14.8. The number of hydrogen-bond acceptors (Lipinski definition) is 7. The predicted molar refractivity (Wildman–Crippen MR) is 90.8 cm³/mol. The first kappa shape index (κ1) is 17.5. The molecule has 0 unspecified atom stereocenters. The van der Waals surface area contributed by atoms with Crippen molar-refractivity contribution in [3.8, 4) is 17.4 Å². The molecule has 25 heavy (non-hydrogen) atoms. The van der Waals surface area contributed by atoms with Gasteiger partial charge in [0.05, 0.1) is 5.02 Å². The molecule has 0 bridgehead atoms. The summed E-state index contributed by atoms with van der Waals surface area (Å²) in [4.78, 5) is 3.80. The van der Waals surface area contributed by atoms with Crippen molar-refractivity contribution in [1.29, 1.82) is 0 Å².